The number of hydrogen-bond acceptors (Lipinski definition) is 4. The number of amides is 1. The zero-order valence-electron chi connectivity index (χ0n) is 12.0. The van der Waals surface area contributed by atoms with Crippen LogP contribution in [-0.4, -0.2) is 40.1 Å². The summed E-state index contributed by atoms with van der Waals surface area (Å²) in [7, 11) is 0. The zero-order chi connectivity index (χ0) is 14.1. The molecule has 0 spiro atoms. The standard InChI is InChI=1S/C13H25N3O2/c1-8(2)6-13(5)11(18)16(12(14)15-13)10(7-17)9(3)4/h8-10,17H,6-7H2,1-5H3,(H2,14,15). The molecule has 0 saturated heterocycles. The summed E-state index contributed by atoms with van der Waals surface area (Å²) in [5, 5.41) is 9.44. The van der Waals surface area contributed by atoms with Gasteiger partial charge < -0.3 is 10.8 Å². The van der Waals surface area contributed by atoms with Crippen LogP contribution in [0, 0.1) is 11.8 Å². The number of hydrogen-bond donors (Lipinski definition) is 2. The fourth-order valence-corrected chi connectivity index (χ4v) is 2.56. The Balaban J connectivity index is 3.00. The number of aliphatic hydroxyl groups excluding tert-OH is 1. The maximum Gasteiger partial charge on any atom is 0.257 e. The van der Waals surface area contributed by atoms with Gasteiger partial charge in [0.2, 0.25) is 0 Å². The summed E-state index contributed by atoms with van der Waals surface area (Å²) < 4.78 is 0. The van der Waals surface area contributed by atoms with Crippen LogP contribution in [0.1, 0.15) is 41.0 Å². The number of nitrogens with two attached hydrogens (primary N) is 1. The molecule has 0 radical (unpaired) electrons. The average molecular weight is 255 g/mol. The van der Waals surface area contributed by atoms with Gasteiger partial charge in [-0.2, -0.15) is 0 Å². The molecule has 0 aromatic heterocycles. The van der Waals surface area contributed by atoms with Crippen molar-refractivity contribution in [3.05, 3.63) is 0 Å². The van der Waals surface area contributed by atoms with Crippen LogP contribution < -0.4 is 5.73 Å². The Morgan fingerprint density at radius 1 is 1.39 bits per heavy atom. The first kappa shape index (κ1) is 15.0. The number of carbonyl (C=O) groups is 1. The minimum absolute atomic E-state index is 0.0959. The van der Waals surface area contributed by atoms with Gasteiger partial charge in [0, 0.05) is 0 Å². The Labute approximate surface area is 109 Å². The van der Waals surface area contributed by atoms with Crippen LogP contribution in [-0.2, 0) is 4.79 Å². The van der Waals surface area contributed by atoms with Crippen molar-refractivity contribution >= 4 is 11.9 Å². The van der Waals surface area contributed by atoms with Crippen LogP contribution in [0.3, 0.4) is 0 Å². The van der Waals surface area contributed by atoms with Crippen molar-refractivity contribution in [3.8, 4) is 0 Å². The van der Waals surface area contributed by atoms with Crippen LogP contribution in [0.2, 0.25) is 0 Å². The van der Waals surface area contributed by atoms with E-state index < -0.39 is 5.54 Å². The van der Waals surface area contributed by atoms with E-state index in [-0.39, 0.29) is 30.4 Å². The second kappa shape index (κ2) is 5.26. The largest absolute Gasteiger partial charge is 0.394 e. The maximum absolute atomic E-state index is 12.5. The Bertz CT molecular complexity index is 352. The first-order chi connectivity index (χ1) is 8.23. The van der Waals surface area contributed by atoms with E-state index in [4.69, 9.17) is 5.73 Å². The van der Waals surface area contributed by atoms with Crippen molar-refractivity contribution in [2.45, 2.75) is 52.6 Å². The Morgan fingerprint density at radius 2 is 1.94 bits per heavy atom. The van der Waals surface area contributed by atoms with E-state index >= 15 is 0 Å². The Hall–Kier alpha value is -1.10. The normalized spacial score (nSPS) is 26.1. The molecular weight excluding hydrogens is 230 g/mol. The molecule has 1 aliphatic heterocycles. The highest BCUT2D eigenvalue weighted by molar-refractivity contribution is 6.06. The molecule has 0 bridgehead atoms. The predicted molar refractivity (Wildman–Crippen MR) is 72.0 cm³/mol. The molecule has 0 fully saturated rings. The van der Waals surface area contributed by atoms with Crippen molar-refractivity contribution < 1.29 is 9.90 Å². The molecule has 0 aromatic carbocycles. The first-order valence-corrected chi connectivity index (χ1v) is 6.52. The molecule has 0 aromatic rings. The molecule has 5 heteroatoms. The van der Waals surface area contributed by atoms with Gasteiger partial charge in [0.1, 0.15) is 5.54 Å². The van der Waals surface area contributed by atoms with Crippen molar-refractivity contribution in [1.82, 2.24) is 4.90 Å². The van der Waals surface area contributed by atoms with Crippen LogP contribution >= 0.6 is 0 Å². The zero-order valence-corrected chi connectivity index (χ0v) is 12.0. The SMILES string of the molecule is CC(C)CC1(C)N=C(N)N(C(CO)C(C)C)C1=O. The first-order valence-electron chi connectivity index (χ1n) is 6.52. The fraction of sp³-hybridized carbons (Fsp3) is 0.846. The van der Waals surface area contributed by atoms with Gasteiger partial charge in [0.15, 0.2) is 5.96 Å². The molecule has 2 atom stereocenters. The summed E-state index contributed by atoms with van der Waals surface area (Å²) >= 11 is 0. The molecular formula is C13H25N3O2. The number of nitrogens with zero attached hydrogens (tertiary/aromatic N) is 2. The maximum atomic E-state index is 12.5. The predicted octanol–water partition coefficient (Wildman–Crippen LogP) is 0.965. The molecule has 1 rings (SSSR count). The highest BCUT2D eigenvalue weighted by atomic mass is 16.3. The van der Waals surface area contributed by atoms with E-state index in [1.165, 1.54) is 4.90 Å². The van der Waals surface area contributed by atoms with Gasteiger partial charge in [-0.1, -0.05) is 27.7 Å². The van der Waals surface area contributed by atoms with Gasteiger partial charge in [0.05, 0.1) is 12.6 Å². The minimum Gasteiger partial charge on any atom is -0.394 e. The van der Waals surface area contributed by atoms with E-state index in [0.29, 0.717) is 12.3 Å². The Morgan fingerprint density at radius 3 is 2.33 bits per heavy atom. The van der Waals surface area contributed by atoms with Crippen molar-refractivity contribution in [1.29, 1.82) is 0 Å². The summed E-state index contributed by atoms with van der Waals surface area (Å²) in [4.78, 5) is 18.3. The summed E-state index contributed by atoms with van der Waals surface area (Å²) in [6, 6.07) is -0.296. The summed E-state index contributed by atoms with van der Waals surface area (Å²) in [6.07, 6.45) is 0.666. The highest BCUT2D eigenvalue weighted by Crippen LogP contribution is 2.30. The molecule has 18 heavy (non-hydrogen) atoms. The summed E-state index contributed by atoms with van der Waals surface area (Å²) in [5.41, 5.74) is 5.10. The van der Waals surface area contributed by atoms with Gasteiger partial charge in [-0.25, -0.2) is 4.99 Å². The number of guanidine groups is 1. The molecule has 1 heterocycles. The van der Waals surface area contributed by atoms with Crippen LogP contribution in [0.4, 0.5) is 0 Å². The number of rotatable bonds is 5. The molecule has 3 N–H and O–H groups in total. The van der Waals surface area contributed by atoms with E-state index in [2.05, 4.69) is 18.8 Å². The molecule has 1 aliphatic rings. The lowest BCUT2D eigenvalue weighted by Crippen LogP contribution is -2.52. The molecule has 2 unspecified atom stereocenters. The summed E-state index contributed by atoms with van der Waals surface area (Å²) in [6.45, 7) is 9.74. The van der Waals surface area contributed by atoms with Gasteiger partial charge in [-0.15, -0.1) is 0 Å². The van der Waals surface area contributed by atoms with Gasteiger partial charge in [-0.3, -0.25) is 9.69 Å². The molecule has 5 nitrogen and oxygen atoms in total. The quantitative estimate of drug-likeness (QED) is 0.768. The minimum atomic E-state index is -0.777. The number of carbonyl (C=O) groups excluding carboxylic acids is 1. The lowest BCUT2D eigenvalue weighted by atomic mass is 9.90. The monoisotopic (exact) mass is 255 g/mol. The fourth-order valence-electron chi connectivity index (χ4n) is 2.56. The Kier molecular flexibility index (Phi) is 4.37. The topological polar surface area (TPSA) is 78.9 Å². The van der Waals surface area contributed by atoms with E-state index in [9.17, 15) is 9.90 Å². The van der Waals surface area contributed by atoms with E-state index in [1.807, 2.05) is 20.8 Å². The van der Waals surface area contributed by atoms with Crippen molar-refractivity contribution in [2.24, 2.45) is 22.6 Å². The molecule has 104 valence electrons. The van der Waals surface area contributed by atoms with Crippen molar-refractivity contribution in [3.63, 3.8) is 0 Å². The second-order valence-electron chi connectivity index (χ2n) is 6.01. The highest BCUT2D eigenvalue weighted by Gasteiger charge is 2.46. The summed E-state index contributed by atoms with van der Waals surface area (Å²) in [5.74, 6) is 0.633. The van der Waals surface area contributed by atoms with Gasteiger partial charge in [0.25, 0.3) is 5.91 Å². The third-order valence-electron chi connectivity index (χ3n) is 3.38. The number of aliphatic imine (C=N–C) groups is 1. The lowest BCUT2D eigenvalue weighted by molar-refractivity contribution is -0.134. The smallest absolute Gasteiger partial charge is 0.257 e. The second-order valence-corrected chi connectivity index (χ2v) is 6.01. The number of aliphatic hydroxyl groups is 1. The lowest BCUT2D eigenvalue weighted by Gasteiger charge is -2.31. The van der Waals surface area contributed by atoms with Gasteiger partial charge in [-0.05, 0) is 25.2 Å². The average Bonchev–Trinajstić information content (AvgIpc) is 2.41. The van der Waals surface area contributed by atoms with Crippen LogP contribution in [0.5, 0.6) is 0 Å². The van der Waals surface area contributed by atoms with Gasteiger partial charge >= 0.3 is 0 Å². The van der Waals surface area contributed by atoms with Crippen molar-refractivity contribution in [2.75, 3.05) is 6.61 Å². The molecule has 0 aliphatic carbocycles. The van der Waals surface area contributed by atoms with Crippen LogP contribution in [0.15, 0.2) is 4.99 Å². The van der Waals surface area contributed by atoms with Crippen LogP contribution in [0.25, 0.3) is 0 Å². The third kappa shape index (κ3) is 2.66. The van der Waals surface area contributed by atoms with E-state index in [1.54, 1.807) is 0 Å². The van der Waals surface area contributed by atoms with E-state index in [0.717, 1.165) is 0 Å². The molecule has 0 saturated carbocycles. The third-order valence-corrected chi connectivity index (χ3v) is 3.38. The molecule has 1 amide bonds.